The maximum Gasteiger partial charge on any atom is 0.341 e. The molecule has 0 aromatic heterocycles. The molecule has 3 heteroatoms. The molecule has 0 spiro atoms. The minimum Gasteiger partial charge on any atom is -0.540 e. The smallest absolute Gasteiger partial charge is 0.341 e. The Morgan fingerprint density at radius 2 is 1.13 bits per heavy atom. The van der Waals surface area contributed by atoms with Gasteiger partial charge in [0.15, 0.2) is 0 Å². The fraction of sp³-hybridized carbons (Fsp3) is 0.111. The molecule has 30 heavy (non-hydrogen) atoms. The van der Waals surface area contributed by atoms with E-state index in [9.17, 15) is 0 Å². The van der Waals surface area contributed by atoms with E-state index in [0.717, 1.165) is 51.1 Å². The van der Waals surface area contributed by atoms with Crippen LogP contribution in [0.15, 0.2) is 97.1 Å². The van der Waals surface area contributed by atoms with E-state index in [4.69, 9.17) is 16.0 Å². The van der Waals surface area contributed by atoms with Gasteiger partial charge < -0.3 is 4.43 Å². The van der Waals surface area contributed by atoms with Gasteiger partial charge in [0.25, 0.3) is 0 Å². The molecule has 1 unspecified atom stereocenters. The molecule has 0 bridgehead atoms. The van der Waals surface area contributed by atoms with Crippen molar-refractivity contribution in [2.75, 3.05) is 0 Å². The van der Waals surface area contributed by atoms with Crippen LogP contribution in [0.1, 0.15) is 24.3 Å². The van der Waals surface area contributed by atoms with Crippen LogP contribution in [0.5, 0.6) is 5.75 Å². The summed E-state index contributed by atoms with van der Waals surface area (Å²) in [5.74, 6) is 0.755. The number of halogens is 1. The van der Waals surface area contributed by atoms with Crippen molar-refractivity contribution in [3.05, 3.63) is 103 Å². The van der Waals surface area contributed by atoms with Gasteiger partial charge in [0.05, 0.1) is 5.38 Å². The molecular formula is C27H22ClOSi. The second-order valence-corrected chi connectivity index (χ2v) is 7.90. The van der Waals surface area contributed by atoms with Crippen molar-refractivity contribution in [1.29, 1.82) is 0 Å². The molecule has 0 heterocycles. The highest BCUT2D eigenvalue weighted by Gasteiger charge is 2.24. The first-order valence-electron chi connectivity index (χ1n) is 10.1. The Kier molecular flexibility index (Phi) is 6.37. The minimum atomic E-state index is -0.131. The van der Waals surface area contributed by atoms with Crippen LogP contribution in [0.3, 0.4) is 0 Å². The van der Waals surface area contributed by atoms with E-state index >= 15 is 0 Å². The molecule has 0 amide bonds. The maximum absolute atomic E-state index is 6.86. The molecular weight excluding hydrogens is 404 g/mol. The maximum atomic E-state index is 6.86. The molecule has 147 valence electrons. The summed E-state index contributed by atoms with van der Waals surface area (Å²) >= 11 is 6.86. The Labute approximate surface area is 186 Å². The minimum absolute atomic E-state index is 0.131. The Morgan fingerprint density at radius 1 is 0.700 bits per heavy atom. The molecule has 1 atom stereocenters. The van der Waals surface area contributed by atoms with E-state index in [0.29, 0.717) is 0 Å². The molecule has 0 aliphatic rings. The van der Waals surface area contributed by atoms with Gasteiger partial charge in [-0.1, -0.05) is 97.9 Å². The fourth-order valence-electron chi connectivity index (χ4n) is 3.93. The van der Waals surface area contributed by atoms with E-state index in [-0.39, 0.29) is 5.38 Å². The molecule has 0 saturated heterocycles. The van der Waals surface area contributed by atoms with Crippen LogP contribution >= 0.6 is 11.6 Å². The van der Waals surface area contributed by atoms with Gasteiger partial charge in [0.1, 0.15) is 5.75 Å². The van der Waals surface area contributed by atoms with Crippen molar-refractivity contribution < 1.29 is 4.43 Å². The van der Waals surface area contributed by atoms with E-state index in [2.05, 4.69) is 84.1 Å². The lowest BCUT2D eigenvalue weighted by Crippen LogP contribution is -2.02. The van der Waals surface area contributed by atoms with Crippen molar-refractivity contribution in [2.24, 2.45) is 0 Å². The summed E-state index contributed by atoms with van der Waals surface area (Å²) in [4.78, 5) is 0. The largest absolute Gasteiger partial charge is 0.540 e. The SMILES string of the molecule is CCC(Cl)c1cc(O[Si])c(-c2ccccc2)c(-c2ccccc2)c1-c1ccccc1. The van der Waals surface area contributed by atoms with Crippen LogP contribution in [-0.2, 0) is 0 Å². The Bertz CT molecular complexity index is 1110. The Morgan fingerprint density at radius 3 is 1.57 bits per heavy atom. The van der Waals surface area contributed by atoms with Crippen LogP contribution < -0.4 is 4.43 Å². The van der Waals surface area contributed by atoms with Gasteiger partial charge in [0, 0.05) is 11.1 Å². The molecule has 0 N–H and O–H groups in total. The average molecular weight is 426 g/mol. The molecule has 1 nitrogen and oxygen atoms in total. The number of rotatable bonds is 6. The first kappa shape index (κ1) is 20.5. The van der Waals surface area contributed by atoms with Gasteiger partial charge >= 0.3 is 10.5 Å². The third kappa shape index (κ3) is 3.94. The van der Waals surface area contributed by atoms with E-state index in [1.54, 1.807) is 0 Å². The highest BCUT2D eigenvalue weighted by molar-refractivity contribution is 6.21. The second-order valence-electron chi connectivity index (χ2n) is 7.16. The first-order chi connectivity index (χ1) is 14.7. The van der Waals surface area contributed by atoms with Crippen LogP contribution in [0, 0.1) is 0 Å². The van der Waals surface area contributed by atoms with Crippen molar-refractivity contribution >= 4 is 22.1 Å². The van der Waals surface area contributed by atoms with Crippen LogP contribution in [0.25, 0.3) is 33.4 Å². The Balaban J connectivity index is 2.19. The normalized spacial score (nSPS) is 11.8. The van der Waals surface area contributed by atoms with Crippen LogP contribution in [-0.4, -0.2) is 10.5 Å². The first-order valence-corrected chi connectivity index (χ1v) is 10.9. The van der Waals surface area contributed by atoms with Crippen LogP contribution in [0.2, 0.25) is 0 Å². The summed E-state index contributed by atoms with van der Waals surface area (Å²) in [6.07, 6.45) is 0.821. The summed E-state index contributed by atoms with van der Waals surface area (Å²) in [6.45, 7) is 2.11. The number of hydrogen-bond donors (Lipinski definition) is 0. The van der Waals surface area contributed by atoms with Crippen molar-refractivity contribution in [3.8, 4) is 39.1 Å². The number of alkyl halides is 1. The summed E-state index contributed by atoms with van der Waals surface area (Å²) in [7, 11) is 3.31. The molecule has 4 aromatic carbocycles. The molecule has 0 fully saturated rings. The molecule has 0 aliphatic carbocycles. The van der Waals surface area contributed by atoms with Gasteiger partial charge in [-0.05, 0) is 40.3 Å². The average Bonchev–Trinajstić information content (AvgIpc) is 2.83. The predicted octanol–water partition coefficient (Wildman–Crippen LogP) is 7.84. The van der Waals surface area contributed by atoms with E-state index in [1.165, 1.54) is 0 Å². The van der Waals surface area contributed by atoms with Crippen LogP contribution in [0.4, 0.5) is 0 Å². The molecule has 4 rings (SSSR count). The van der Waals surface area contributed by atoms with E-state index in [1.807, 2.05) is 30.3 Å². The second kappa shape index (κ2) is 9.33. The molecule has 0 aliphatic heterocycles. The third-order valence-electron chi connectivity index (χ3n) is 5.31. The monoisotopic (exact) mass is 425 g/mol. The zero-order chi connectivity index (χ0) is 20.9. The third-order valence-corrected chi connectivity index (χ3v) is 6.08. The summed E-state index contributed by atoms with van der Waals surface area (Å²) in [6, 6.07) is 33.4. The van der Waals surface area contributed by atoms with Crippen molar-refractivity contribution in [2.45, 2.75) is 18.7 Å². The van der Waals surface area contributed by atoms with Gasteiger partial charge in [-0.25, -0.2) is 0 Å². The van der Waals surface area contributed by atoms with Gasteiger partial charge in [0.2, 0.25) is 0 Å². The Hall–Kier alpha value is -2.81. The highest BCUT2D eigenvalue weighted by Crippen LogP contribution is 2.49. The number of benzene rings is 4. The quantitative estimate of drug-likeness (QED) is 0.226. The van der Waals surface area contributed by atoms with Gasteiger partial charge in [-0.3, -0.25) is 0 Å². The molecule has 4 aromatic rings. The predicted molar refractivity (Wildman–Crippen MR) is 128 cm³/mol. The summed E-state index contributed by atoms with van der Waals surface area (Å²) in [5.41, 5.74) is 7.74. The lowest BCUT2D eigenvalue weighted by molar-refractivity contribution is 0.617. The highest BCUT2D eigenvalue weighted by atomic mass is 35.5. The lowest BCUT2D eigenvalue weighted by Gasteiger charge is -2.24. The zero-order valence-corrected chi connectivity index (χ0v) is 18.6. The lowest BCUT2D eigenvalue weighted by atomic mass is 9.83. The molecule has 0 saturated carbocycles. The van der Waals surface area contributed by atoms with E-state index < -0.39 is 0 Å². The van der Waals surface area contributed by atoms with Crippen molar-refractivity contribution in [1.82, 2.24) is 0 Å². The van der Waals surface area contributed by atoms with Gasteiger partial charge in [-0.2, -0.15) is 0 Å². The topological polar surface area (TPSA) is 9.23 Å². The standard InChI is InChI=1S/C27H22ClOSi/c1-2-23(28)22-18-24(29-30)26(20-14-8-4-9-15-20)27(21-16-10-5-11-17-21)25(22)19-12-6-3-7-13-19/h3-18,23H,2H2,1H3. The fourth-order valence-corrected chi connectivity index (χ4v) is 4.26. The molecule has 3 radical (unpaired) electrons. The number of hydrogen-bond acceptors (Lipinski definition) is 1. The zero-order valence-electron chi connectivity index (χ0n) is 16.8. The summed E-state index contributed by atoms with van der Waals surface area (Å²) < 4.78 is 5.74. The van der Waals surface area contributed by atoms with Gasteiger partial charge in [-0.15, -0.1) is 11.6 Å². The van der Waals surface area contributed by atoms with Crippen molar-refractivity contribution in [3.63, 3.8) is 0 Å². The summed E-state index contributed by atoms with van der Waals surface area (Å²) in [5, 5.41) is -0.131.